The molecule has 0 bridgehead atoms. The predicted octanol–water partition coefficient (Wildman–Crippen LogP) is 3.35. The summed E-state index contributed by atoms with van der Waals surface area (Å²) in [6, 6.07) is 7.85. The number of piperidine rings is 1. The number of likely N-dealkylation sites (tertiary alicyclic amines) is 1. The van der Waals surface area contributed by atoms with E-state index in [0.717, 1.165) is 61.9 Å². The molecule has 0 unspecified atom stereocenters. The summed E-state index contributed by atoms with van der Waals surface area (Å²) in [4.78, 5) is 14.7. The standard InChI is InChI=1S/C22H30N4O2/c1-2-28-19-9-7-17(8-10-19)16-21(27)25-14-11-18(12-15-25)22-24-23-20-6-4-3-5-13-26(20)22/h7-10,18H,2-6,11-16H2,1H3. The lowest BCUT2D eigenvalue weighted by atomic mass is 9.95. The van der Waals surface area contributed by atoms with Crippen molar-refractivity contribution in [2.45, 2.75) is 64.3 Å². The number of nitrogens with zero attached hydrogens (tertiary/aromatic N) is 4. The quantitative estimate of drug-likeness (QED) is 0.796. The second kappa shape index (κ2) is 8.76. The van der Waals surface area contributed by atoms with Gasteiger partial charge in [0.25, 0.3) is 0 Å². The summed E-state index contributed by atoms with van der Waals surface area (Å²) in [5.41, 5.74) is 1.04. The Labute approximate surface area is 166 Å². The van der Waals surface area contributed by atoms with Gasteiger partial charge in [-0.2, -0.15) is 0 Å². The van der Waals surface area contributed by atoms with Gasteiger partial charge in [0.05, 0.1) is 13.0 Å². The number of carbonyl (C=O) groups is 1. The van der Waals surface area contributed by atoms with Gasteiger partial charge in [0.1, 0.15) is 17.4 Å². The average molecular weight is 383 g/mol. The number of aryl methyl sites for hydroxylation is 1. The number of rotatable bonds is 5. The first-order valence-corrected chi connectivity index (χ1v) is 10.7. The SMILES string of the molecule is CCOc1ccc(CC(=O)N2CCC(c3nnc4n3CCCCC4)CC2)cc1. The first-order valence-electron chi connectivity index (χ1n) is 10.7. The molecule has 2 aliphatic heterocycles. The van der Waals surface area contributed by atoms with Crippen molar-refractivity contribution in [1.29, 1.82) is 0 Å². The van der Waals surface area contributed by atoms with Crippen LogP contribution < -0.4 is 4.74 Å². The van der Waals surface area contributed by atoms with Crippen molar-refractivity contribution in [3.63, 3.8) is 0 Å². The lowest BCUT2D eigenvalue weighted by Gasteiger charge is -2.32. The molecule has 1 aromatic carbocycles. The number of hydrogen-bond donors (Lipinski definition) is 0. The van der Waals surface area contributed by atoms with Crippen molar-refractivity contribution in [2.75, 3.05) is 19.7 Å². The van der Waals surface area contributed by atoms with E-state index in [4.69, 9.17) is 4.74 Å². The Morgan fingerprint density at radius 1 is 1.07 bits per heavy atom. The lowest BCUT2D eigenvalue weighted by Crippen LogP contribution is -2.39. The number of hydrogen-bond acceptors (Lipinski definition) is 4. The van der Waals surface area contributed by atoms with Crippen LogP contribution in [0.1, 0.15) is 62.2 Å². The Kier molecular flexibility index (Phi) is 5.93. The topological polar surface area (TPSA) is 60.2 Å². The molecule has 2 aliphatic rings. The van der Waals surface area contributed by atoms with E-state index in [-0.39, 0.29) is 5.91 Å². The molecule has 2 aromatic rings. The molecule has 28 heavy (non-hydrogen) atoms. The minimum absolute atomic E-state index is 0.211. The molecular formula is C22H30N4O2. The lowest BCUT2D eigenvalue weighted by molar-refractivity contribution is -0.131. The molecule has 6 nitrogen and oxygen atoms in total. The second-order valence-electron chi connectivity index (χ2n) is 7.85. The van der Waals surface area contributed by atoms with Crippen molar-refractivity contribution < 1.29 is 9.53 Å². The maximum absolute atomic E-state index is 12.7. The summed E-state index contributed by atoms with van der Waals surface area (Å²) in [5.74, 6) is 3.79. The molecule has 150 valence electrons. The number of fused-ring (bicyclic) bond motifs is 1. The summed E-state index contributed by atoms with van der Waals surface area (Å²) >= 11 is 0. The maximum atomic E-state index is 12.7. The van der Waals surface area contributed by atoms with Crippen LogP contribution in [0.3, 0.4) is 0 Å². The number of aromatic nitrogens is 3. The summed E-state index contributed by atoms with van der Waals surface area (Å²) in [5, 5.41) is 8.97. The van der Waals surface area contributed by atoms with Crippen molar-refractivity contribution in [2.24, 2.45) is 0 Å². The van der Waals surface area contributed by atoms with Crippen molar-refractivity contribution in [3.05, 3.63) is 41.5 Å². The third-order valence-corrected chi connectivity index (χ3v) is 5.94. The monoisotopic (exact) mass is 382 g/mol. The fraction of sp³-hybridized carbons (Fsp3) is 0.591. The van der Waals surface area contributed by atoms with E-state index >= 15 is 0 Å². The van der Waals surface area contributed by atoms with E-state index in [1.807, 2.05) is 36.1 Å². The van der Waals surface area contributed by atoms with Crippen molar-refractivity contribution >= 4 is 5.91 Å². The van der Waals surface area contributed by atoms with Gasteiger partial charge in [-0.25, -0.2) is 0 Å². The van der Waals surface area contributed by atoms with E-state index < -0.39 is 0 Å². The third kappa shape index (κ3) is 4.21. The summed E-state index contributed by atoms with van der Waals surface area (Å²) in [7, 11) is 0. The molecule has 0 spiro atoms. The van der Waals surface area contributed by atoms with E-state index in [9.17, 15) is 4.79 Å². The fourth-order valence-corrected chi connectivity index (χ4v) is 4.35. The molecule has 1 amide bonds. The molecule has 3 heterocycles. The molecule has 0 atom stereocenters. The Morgan fingerprint density at radius 3 is 2.61 bits per heavy atom. The number of amides is 1. The summed E-state index contributed by atoms with van der Waals surface area (Å²) in [6.07, 6.45) is 7.18. The van der Waals surface area contributed by atoms with Crippen LogP contribution >= 0.6 is 0 Å². The van der Waals surface area contributed by atoms with Gasteiger partial charge in [-0.05, 0) is 50.3 Å². The molecule has 0 saturated carbocycles. The molecule has 0 aliphatic carbocycles. The fourth-order valence-electron chi connectivity index (χ4n) is 4.35. The van der Waals surface area contributed by atoms with Crippen LogP contribution in [0.2, 0.25) is 0 Å². The highest BCUT2D eigenvalue weighted by molar-refractivity contribution is 5.78. The highest BCUT2D eigenvalue weighted by atomic mass is 16.5. The average Bonchev–Trinajstić information content (AvgIpc) is 2.98. The number of carbonyl (C=O) groups excluding carboxylic acids is 1. The third-order valence-electron chi connectivity index (χ3n) is 5.94. The maximum Gasteiger partial charge on any atom is 0.226 e. The predicted molar refractivity (Wildman–Crippen MR) is 107 cm³/mol. The molecule has 1 fully saturated rings. The van der Waals surface area contributed by atoms with Gasteiger partial charge in [0.2, 0.25) is 5.91 Å². The van der Waals surface area contributed by atoms with Crippen LogP contribution in [0.15, 0.2) is 24.3 Å². The van der Waals surface area contributed by atoms with Gasteiger partial charge in [-0.3, -0.25) is 4.79 Å². The van der Waals surface area contributed by atoms with E-state index in [1.54, 1.807) is 0 Å². The molecule has 6 heteroatoms. The van der Waals surface area contributed by atoms with Gasteiger partial charge in [-0.1, -0.05) is 18.6 Å². The normalized spacial score (nSPS) is 17.8. The van der Waals surface area contributed by atoms with Gasteiger partial charge in [-0.15, -0.1) is 10.2 Å². The molecule has 0 radical (unpaired) electrons. The zero-order valence-corrected chi connectivity index (χ0v) is 16.8. The highest BCUT2D eigenvalue weighted by Crippen LogP contribution is 2.29. The molecule has 0 N–H and O–H groups in total. The Morgan fingerprint density at radius 2 is 1.86 bits per heavy atom. The zero-order valence-electron chi connectivity index (χ0n) is 16.8. The van der Waals surface area contributed by atoms with Crippen LogP contribution in [0, 0.1) is 0 Å². The Balaban J connectivity index is 1.32. The van der Waals surface area contributed by atoms with E-state index in [0.29, 0.717) is 18.9 Å². The first-order chi connectivity index (χ1) is 13.7. The van der Waals surface area contributed by atoms with Gasteiger partial charge >= 0.3 is 0 Å². The Bertz CT molecular complexity index is 791. The number of ether oxygens (including phenoxy) is 1. The van der Waals surface area contributed by atoms with Crippen LogP contribution in [-0.2, 0) is 24.2 Å². The summed E-state index contributed by atoms with van der Waals surface area (Å²) in [6.45, 7) is 5.29. The van der Waals surface area contributed by atoms with Crippen LogP contribution in [0.4, 0.5) is 0 Å². The molecular weight excluding hydrogens is 352 g/mol. The van der Waals surface area contributed by atoms with Crippen LogP contribution in [0.25, 0.3) is 0 Å². The number of benzene rings is 1. The van der Waals surface area contributed by atoms with Crippen molar-refractivity contribution in [1.82, 2.24) is 19.7 Å². The van der Waals surface area contributed by atoms with Gasteiger partial charge < -0.3 is 14.2 Å². The van der Waals surface area contributed by atoms with Crippen LogP contribution in [0.5, 0.6) is 5.75 Å². The van der Waals surface area contributed by atoms with E-state index in [1.165, 1.54) is 19.3 Å². The second-order valence-corrected chi connectivity index (χ2v) is 7.85. The zero-order chi connectivity index (χ0) is 19.3. The molecule has 1 saturated heterocycles. The van der Waals surface area contributed by atoms with Gasteiger partial charge in [0.15, 0.2) is 0 Å². The van der Waals surface area contributed by atoms with Crippen LogP contribution in [-0.4, -0.2) is 45.3 Å². The van der Waals surface area contributed by atoms with Crippen molar-refractivity contribution in [3.8, 4) is 5.75 Å². The smallest absolute Gasteiger partial charge is 0.226 e. The Hall–Kier alpha value is -2.37. The van der Waals surface area contributed by atoms with Gasteiger partial charge in [0, 0.05) is 32.0 Å². The summed E-state index contributed by atoms with van der Waals surface area (Å²) < 4.78 is 7.82. The minimum Gasteiger partial charge on any atom is -0.494 e. The van der Waals surface area contributed by atoms with E-state index in [2.05, 4.69) is 14.8 Å². The first kappa shape index (κ1) is 19.0. The molecule has 4 rings (SSSR count). The largest absolute Gasteiger partial charge is 0.494 e. The highest BCUT2D eigenvalue weighted by Gasteiger charge is 2.28. The molecule has 1 aromatic heterocycles. The minimum atomic E-state index is 0.211.